The van der Waals surface area contributed by atoms with Gasteiger partial charge in [-0.05, 0) is 37.6 Å². The maximum absolute atomic E-state index is 13.2. The summed E-state index contributed by atoms with van der Waals surface area (Å²) < 4.78 is 39.7. The average molecular weight is 625 g/mol. The number of hydrogen-bond acceptors (Lipinski definition) is 14. The molecule has 45 heavy (non-hydrogen) atoms. The summed E-state index contributed by atoms with van der Waals surface area (Å²) in [4.78, 5) is 26.3. The molecule has 0 spiro atoms. The van der Waals surface area contributed by atoms with E-state index in [0.717, 1.165) is 6.26 Å². The Kier molecular flexibility index (Phi) is 6.88. The van der Waals surface area contributed by atoms with Crippen LogP contribution in [0, 0.1) is 6.92 Å². The number of phenols is 1. The maximum atomic E-state index is 13.2. The molecule has 2 aliphatic heterocycles. The van der Waals surface area contributed by atoms with Gasteiger partial charge in [-0.15, -0.1) is 0 Å². The lowest BCUT2D eigenvalue weighted by atomic mass is 9.96. The number of aryl methyl sites for hydroxylation is 1. The Morgan fingerprint density at radius 3 is 2.38 bits per heavy atom. The Balaban J connectivity index is 1.37. The number of fused-ring (bicyclic) bond motifs is 2. The van der Waals surface area contributed by atoms with Crippen LogP contribution in [0.15, 0.2) is 60.8 Å². The molecule has 14 heteroatoms. The summed E-state index contributed by atoms with van der Waals surface area (Å²) in [5.41, 5.74) is -0.857. The molecule has 0 bridgehead atoms. The molecule has 0 saturated carbocycles. The predicted molar refractivity (Wildman–Crippen MR) is 155 cm³/mol. The predicted octanol–water partition coefficient (Wildman–Crippen LogP) is 2.02. The Labute approximate surface area is 252 Å². The summed E-state index contributed by atoms with van der Waals surface area (Å²) in [6.45, 7) is 3.26. The SMILES string of the molecule is COC1C(O)C(C)OC(OC2C(Oc3cccc4c(O)c5c(=O)oc6cc(C)cc7c(=O)oc(c34)c5c67)OC=C(O)C2O)C1O. The molecule has 0 amide bonds. The van der Waals surface area contributed by atoms with Crippen molar-refractivity contribution in [2.24, 2.45) is 0 Å². The zero-order valence-corrected chi connectivity index (χ0v) is 24.0. The van der Waals surface area contributed by atoms with Crippen molar-refractivity contribution in [3.8, 4) is 11.5 Å². The number of methoxy groups -OCH3 is 1. The molecular weight excluding hydrogens is 596 g/mol. The van der Waals surface area contributed by atoms with Gasteiger partial charge in [-0.1, -0.05) is 12.1 Å². The molecule has 7 rings (SSSR count). The molecule has 2 aromatic heterocycles. The lowest BCUT2D eigenvalue weighted by Gasteiger charge is -2.43. The average Bonchev–Trinajstić information content (AvgIpc) is 3.00. The van der Waals surface area contributed by atoms with Crippen molar-refractivity contribution in [2.45, 2.75) is 63.1 Å². The van der Waals surface area contributed by atoms with Crippen molar-refractivity contribution in [1.82, 2.24) is 0 Å². The van der Waals surface area contributed by atoms with E-state index in [1.807, 2.05) is 0 Å². The van der Waals surface area contributed by atoms with E-state index < -0.39 is 72.0 Å². The van der Waals surface area contributed by atoms with Gasteiger partial charge in [0.25, 0.3) is 6.29 Å². The first-order valence-corrected chi connectivity index (χ1v) is 14.0. The Bertz CT molecular complexity index is 2100. The van der Waals surface area contributed by atoms with Crippen LogP contribution in [-0.4, -0.2) is 81.8 Å². The summed E-state index contributed by atoms with van der Waals surface area (Å²) >= 11 is 0. The van der Waals surface area contributed by atoms with Gasteiger partial charge in [-0.2, -0.15) is 0 Å². The van der Waals surface area contributed by atoms with Gasteiger partial charge in [0.1, 0.15) is 53.1 Å². The van der Waals surface area contributed by atoms with Gasteiger partial charge in [-0.25, -0.2) is 9.59 Å². The fourth-order valence-corrected chi connectivity index (χ4v) is 6.15. The van der Waals surface area contributed by atoms with Crippen LogP contribution in [0.5, 0.6) is 11.5 Å². The highest BCUT2D eigenvalue weighted by molar-refractivity contribution is 6.28. The second-order valence-corrected chi connectivity index (χ2v) is 11.2. The Morgan fingerprint density at radius 1 is 0.844 bits per heavy atom. The van der Waals surface area contributed by atoms with Crippen molar-refractivity contribution < 1.29 is 58.1 Å². The first-order chi connectivity index (χ1) is 21.5. The summed E-state index contributed by atoms with van der Waals surface area (Å²) in [7, 11) is 1.29. The van der Waals surface area contributed by atoms with Gasteiger partial charge < -0.3 is 58.1 Å². The highest BCUT2D eigenvalue weighted by atomic mass is 16.7. The first-order valence-electron chi connectivity index (χ1n) is 14.0. The van der Waals surface area contributed by atoms with Gasteiger partial charge in [0, 0.05) is 23.3 Å². The smallest absolute Gasteiger partial charge is 0.348 e. The second kappa shape index (κ2) is 10.6. The Morgan fingerprint density at radius 2 is 1.62 bits per heavy atom. The van der Waals surface area contributed by atoms with Crippen LogP contribution >= 0.6 is 0 Å². The third-order valence-electron chi connectivity index (χ3n) is 8.33. The number of aromatic hydroxyl groups is 1. The summed E-state index contributed by atoms with van der Waals surface area (Å²) in [5, 5.41) is 54.2. The number of rotatable bonds is 5. The molecule has 5 aromatic rings. The van der Waals surface area contributed by atoms with E-state index in [1.165, 1.54) is 32.2 Å². The Hall–Kier alpha value is -4.44. The van der Waals surface area contributed by atoms with Crippen LogP contribution in [0.2, 0.25) is 0 Å². The summed E-state index contributed by atoms with van der Waals surface area (Å²) in [6, 6.07) is 7.64. The highest BCUT2D eigenvalue weighted by Gasteiger charge is 2.48. The molecule has 1 fully saturated rings. The van der Waals surface area contributed by atoms with E-state index in [0.29, 0.717) is 5.56 Å². The molecule has 5 N–H and O–H groups in total. The lowest BCUT2D eigenvalue weighted by Crippen LogP contribution is -2.60. The number of phenolic OH excluding ortho intramolecular Hbond substituents is 1. The molecule has 2 aliphatic rings. The standard InChI is InChI=1S/C31H28O14/c1-10-7-13-17-16(8-10)42-29(38)20-19(17)25(44-28(13)37)18-12(22(20)34)5-4-6-15(18)43-31-27(23(35)14(32)9-40-31)45-30-24(36)26(39-3)21(33)11(2)41-30/h4-9,11,21,23-24,26-27,30-36H,1-3H3. The van der Waals surface area contributed by atoms with E-state index in [4.69, 9.17) is 32.5 Å². The second-order valence-electron chi connectivity index (χ2n) is 11.2. The normalized spacial score (nSPS) is 29.0. The van der Waals surface area contributed by atoms with Crippen molar-refractivity contribution >= 4 is 43.5 Å². The first kappa shape index (κ1) is 29.3. The molecule has 14 nitrogen and oxygen atoms in total. The lowest BCUT2D eigenvalue weighted by molar-refractivity contribution is -0.330. The monoisotopic (exact) mass is 624 g/mol. The van der Waals surface area contributed by atoms with Crippen LogP contribution < -0.4 is 16.0 Å². The molecule has 8 unspecified atom stereocenters. The zero-order valence-electron chi connectivity index (χ0n) is 24.0. The third kappa shape index (κ3) is 4.40. The third-order valence-corrected chi connectivity index (χ3v) is 8.33. The van der Waals surface area contributed by atoms with Crippen LogP contribution in [0.4, 0.5) is 0 Å². The van der Waals surface area contributed by atoms with Crippen molar-refractivity contribution in [1.29, 1.82) is 0 Å². The van der Waals surface area contributed by atoms with Crippen molar-refractivity contribution in [2.75, 3.05) is 7.11 Å². The molecule has 4 heterocycles. The molecule has 236 valence electrons. The molecular formula is C31H28O14. The fraction of sp³-hybridized carbons (Fsp3) is 0.355. The van der Waals surface area contributed by atoms with Crippen LogP contribution in [0.25, 0.3) is 43.5 Å². The molecule has 0 radical (unpaired) electrons. The van der Waals surface area contributed by atoms with Gasteiger partial charge in [0.15, 0.2) is 23.7 Å². The van der Waals surface area contributed by atoms with E-state index in [9.17, 15) is 35.1 Å². The summed E-state index contributed by atoms with van der Waals surface area (Å²) in [5.74, 6) is -1.07. The van der Waals surface area contributed by atoms with E-state index in [-0.39, 0.29) is 49.2 Å². The summed E-state index contributed by atoms with van der Waals surface area (Å²) in [6.07, 6.45) is -9.99. The van der Waals surface area contributed by atoms with E-state index in [1.54, 1.807) is 19.1 Å². The molecule has 3 aromatic carbocycles. The fourth-order valence-electron chi connectivity index (χ4n) is 6.15. The van der Waals surface area contributed by atoms with E-state index in [2.05, 4.69) is 0 Å². The number of benzene rings is 3. The topological polar surface area (TPSA) is 208 Å². The number of hydrogen-bond donors (Lipinski definition) is 5. The number of ether oxygens (including phenoxy) is 5. The van der Waals surface area contributed by atoms with Crippen LogP contribution in [0.3, 0.4) is 0 Å². The highest BCUT2D eigenvalue weighted by Crippen LogP contribution is 2.45. The van der Waals surface area contributed by atoms with Crippen molar-refractivity contribution in [3.63, 3.8) is 0 Å². The van der Waals surface area contributed by atoms with Gasteiger partial charge in [-0.3, -0.25) is 0 Å². The van der Waals surface area contributed by atoms with Gasteiger partial charge in [0.05, 0.1) is 16.9 Å². The van der Waals surface area contributed by atoms with Crippen LogP contribution in [0.1, 0.15) is 12.5 Å². The largest absolute Gasteiger partial charge is 0.506 e. The minimum absolute atomic E-state index is 0.0197. The molecule has 1 saturated heterocycles. The zero-order chi connectivity index (χ0) is 31.9. The maximum Gasteiger partial charge on any atom is 0.348 e. The van der Waals surface area contributed by atoms with Gasteiger partial charge in [0.2, 0.25) is 0 Å². The quantitative estimate of drug-likeness (QED) is 0.108. The van der Waals surface area contributed by atoms with Gasteiger partial charge >= 0.3 is 11.3 Å². The van der Waals surface area contributed by atoms with E-state index >= 15 is 0 Å². The molecule has 8 atom stereocenters. The number of aliphatic hydroxyl groups is 4. The van der Waals surface area contributed by atoms with Crippen LogP contribution in [-0.2, 0) is 18.9 Å². The minimum Gasteiger partial charge on any atom is -0.506 e. The molecule has 0 aliphatic carbocycles. The minimum atomic E-state index is -1.72. The number of aliphatic hydroxyl groups excluding tert-OH is 4. The van der Waals surface area contributed by atoms with Crippen molar-refractivity contribution in [3.05, 3.63) is 68.8 Å².